The van der Waals surface area contributed by atoms with Gasteiger partial charge in [-0.15, -0.1) is 0 Å². The van der Waals surface area contributed by atoms with Crippen LogP contribution in [0.2, 0.25) is 0 Å². The van der Waals surface area contributed by atoms with Crippen LogP contribution in [0, 0.1) is 0 Å². The predicted molar refractivity (Wildman–Crippen MR) is 202 cm³/mol. The minimum Gasteiger partial charge on any atom is -0.456 e. The molecule has 0 aliphatic heterocycles. The van der Waals surface area contributed by atoms with Crippen molar-refractivity contribution in [3.05, 3.63) is 188 Å². The molecule has 0 bridgehead atoms. The van der Waals surface area contributed by atoms with Gasteiger partial charge in [0, 0.05) is 33.8 Å². The molecular weight excluding hydrogens is 583 g/mol. The van der Waals surface area contributed by atoms with Gasteiger partial charge < -0.3 is 9.32 Å². The Balaban J connectivity index is 1.21. The standard InChI is InChI=1S/C46H31NO/c1-2-12-32(13-3-1)33-24-26-37(27-25-33)47(38-28-29-43-42-20-7-9-23-45(42)48-46(43)31-38)44-22-8-6-19-41(44)36-17-10-16-35(30-36)40-21-11-15-34-14-4-5-18-39(34)40/h1-31H. The maximum atomic E-state index is 6.38. The van der Waals surface area contributed by atoms with E-state index in [2.05, 4.69) is 181 Å². The van der Waals surface area contributed by atoms with E-state index < -0.39 is 0 Å². The fraction of sp³-hybridized carbons (Fsp3) is 0. The van der Waals surface area contributed by atoms with E-state index in [0.717, 1.165) is 50.1 Å². The molecule has 0 fully saturated rings. The first-order chi connectivity index (χ1) is 23.8. The molecule has 1 aromatic heterocycles. The first kappa shape index (κ1) is 27.9. The largest absolute Gasteiger partial charge is 0.456 e. The van der Waals surface area contributed by atoms with Crippen LogP contribution in [0.3, 0.4) is 0 Å². The molecular formula is C46H31NO. The molecule has 226 valence electrons. The van der Waals surface area contributed by atoms with Crippen molar-refractivity contribution >= 4 is 49.8 Å². The monoisotopic (exact) mass is 613 g/mol. The molecule has 9 aromatic rings. The van der Waals surface area contributed by atoms with Crippen molar-refractivity contribution < 1.29 is 4.42 Å². The Labute approximate surface area is 279 Å². The lowest BCUT2D eigenvalue weighted by atomic mass is 9.94. The minimum absolute atomic E-state index is 0.870. The van der Waals surface area contributed by atoms with Gasteiger partial charge in [-0.1, -0.05) is 140 Å². The quantitative estimate of drug-likeness (QED) is 0.185. The summed E-state index contributed by atoms with van der Waals surface area (Å²) in [7, 11) is 0. The highest BCUT2D eigenvalue weighted by Gasteiger charge is 2.19. The van der Waals surface area contributed by atoms with Crippen molar-refractivity contribution in [1.82, 2.24) is 0 Å². The number of fused-ring (bicyclic) bond motifs is 4. The van der Waals surface area contributed by atoms with Gasteiger partial charge in [0.15, 0.2) is 0 Å². The first-order valence-electron chi connectivity index (χ1n) is 16.3. The van der Waals surface area contributed by atoms with E-state index in [1.807, 2.05) is 12.1 Å². The summed E-state index contributed by atoms with van der Waals surface area (Å²) in [5.41, 5.74) is 12.1. The number of furan rings is 1. The summed E-state index contributed by atoms with van der Waals surface area (Å²) in [5.74, 6) is 0. The molecule has 0 N–H and O–H groups in total. The van der Waals surface area contributed by atoms with E-state index in [0.29, 0.717) is 0 Å². The predicted octanol–water partition coefficient (Wildman–Crippen LogP) is 13.2. The van der Waals surface area contributed by atoms with Gasteiger partial charge in [0.1, 0.15) is 11.2 Å². The zero-order valence-electron chi connectivity index (χ0n) is 26.3. The van der Waals surface area contributed by atoms with E-state index in [9.17, 15) is 0 Å². The Morgan fingerprint density at radius 2 is 0.917 bits per heavy atom. The minimum atomic E-state index is 0.870. The van der Waals surface area contributed by atoms with Gasteiger partial charge in [-0.2, -0.15) is 0 Å². The van der Waals surface area contributed by atoms with Crippen LogP contribution in [-0.4, -0.2) is 0 Å². The number of para-hydroxylation sites is 2. The second-order valence-electron chi connectivity index (χ2n) is 12.2. The summed E-state index contributed by atoms with van der Waals surface area (Å²) in [4.78, 5) is 2.35. The second kappa shape index (κ2) is 11.8. The fourth-order valence-corrected chi connectivity index (χ4v) is 6.96. The van der Waals surface area contributed by atoms with Gasteiger partial charge in [-0.25, -0.2) is 0 Å². The van der Waals surface area contributed by atoms with Gasteiger partial charge in [0.05, 0.1) is 5.69 Å². The average molecular weight is 614 g/mol. The highest BCUT2D eigenvalue weighted by molar-refractivity contribution is 6.06. The molecule has 0 saturated carbocycles. The molecule has 1 heterocycles. The third-order valence-electron chi connectivity index (χ3n) is 9.27. The van der Waals surface area contributed by atoms with Gasteiger partial charge in [0.2, 0.25) is 0 Å². The summed E-state index contributed by atoms with van der Waals surface area (Å²) in [6.45, 7) is 0. The molecule has 0 amide bonds. The van der Waals surface area contributed by atoms with Crippen molar-refractivity contribution in [2.45, 2.75) is 0 Å². The lowest BCUT2D eigenvalue weighted by Gasteiger charge is -2.28. The first-order valence-corrected chi connectivity index (χ1v) is 16.3. The van der Waals surface area contributed by atoms with Gasteiger partial charge in [-0.3, -0.25) is 0 Å². The number of rotatable bonds is 6. The zero-order chi connectivity index (χ0) is 31.9. The Bertz CT molecular complexity index is 2560. The summed E-state index contributed by atoms with van der Waals surface area (Å²) in [6.07, 6.45) is 0. The molecule has 48 heavy (non-hydrogen) atoms. The molecule has 9 rings (SSSR count). The number of hydrogen-bond acceptors (Lipinski definition) is 2. The van der Waals surface area contributed by atoms with Crippen molar-refractivity contribution in [3.63, 3.8) is 0 Å². The van der Waals surface area contributed by atoms with E-state index in [-0.39, 0.29) is 0 Å². The van der Waals surface area contributed by atoms with Crippen LogP contribution in [0.4, 0.5) is 17.1 Å². The van der Waals surface area contributed by atoms with E-state index in [1.165, 1.54) is 33.0 Å². The van der Waals surface area contributed by atoms with Gasteiger partial charge in [-0.05, 0) is 81.1 Å². The number of anilines is 3. The number of nitrogens with zero attached hydrogens (tertiary/aromatic N) is 1. The maximum Gasteiger partial charge on any atom is 0.137 e. The van der Waals surface area contributed by atoms with Crippen LogP contribution >= 0.6 is 0 Å². The lowest BCUT2D eigenvalue weighted by Crippen LogP contribution is -2.11. The average Bonchev–Trinajstić information content (AvgIpc) is 3.54. The SMILES string of the molecule is c1ccc(-c2ccc(N(c3ccc4c(c3)oc3ccccc34)c3ccccc3-c3cccc(-c4cccc5ccccc45)c3)cc2)cc1. The number of hydrogen-bond donors (Lipinski definition) is 0. The van der Waals surface area contributed by atoms with E-state index in [4.69, 9.17) is 4.42 Å². The van der Waals surface area contributed by atoms with Crippen molar-refractivity contribution in [2.75, 3.05) is 4.90 Å². The Kier molecular flexibility index (Phi) is 6.84. The summed E-state index contributed by atoms with van der Waals surface area (Å²) in [6, 6.07) is 66.9. The molecule has 0 unspecified atom stereocenters. The Hall–Kier alpha value is -6.38. The molecule has 0 atom stereocenters. The number of benzene rings is 8. The summed E-state index contributed by atoms with van der Waals surface area (Å²) in [5, 5.41) is 4.74. The molecule has 8 aromatic carbocycles. The Morgan fingerprint density at radius 1 is 0.333 bits per heavy atom. The second-order valence-corrected chi connectivity index (χ2v) is 12.2. The molecule has 0 aliphatic carbocycles. The molecule has 0 radical (unpaired) electrons. The van der Waals surface area contributed by atoms with Crippen LogP contribution in [0.1, 0.15) is 0 Å². The highest BCUT2D eigenvalue weighted by atomic mass is 16.3. The molecule has 2 heteroatoms. The Morgan fingerprint density at radius 3 is 1.79 bits per heavy atom. The molecule has 0 spiro atoms. The van der Waals surface area contributed by atoms with Crippen molar-refractivity contribution in [1.29, 1.82) is 0 Å². The summed E-state index contributed by atoms with van der Waals surface area (Å²) < 4.78 is 6.38. The fourth-order valence-electron chi connectivity index (χ4n) is 6.96. The van der Waals surface area contributed by atoms with Crippen molar-refractivity contribution in [2.24, 2.45) is 0 Å². The van der Waals surface area contributed by atoms with Gasteiger partial charge >= 0.3 is 0 Å². The maximum absolute atomic E-state index is 6.38. The lowest BCUT2D eigenvalue weighted by molar-refractivity contribution is 0.669. The third kappa shape index (κ3) is 4.92. The van der Waals surface area contributed by atoms with Crippen LogP contribution in [0.5, 0.6) is 0 Å². The van der Waals surface area contributed by atoms with E-state index >= 15 is 0 Å². The normalized spacial score (nSPS) is 11.3. The van der Waals surface area contributed by atoms with Crippen LogP contribution in [-0.2, 0) is 0 Å². The summed E-state index contributed by atoms with van der Waals surface area (Å²) >= 11 is 0. The molecule has 2 nitrogen and oxygen atoms in total. The third-order valence-corrected chi connectivity index (χ3v) is 9.27. The van der Waals surface area contributed by atoms with Crippen LogP contribution in [0.25, 0.3) is 66.1 Å². The van der Waals surface area contributed by atoms with E-state index in [1.54, 1.807) is 0 Å². The highest BCUT2D eigenvalue weighted by Crippen LogP contribution is 2.44. The zero-order valence-corrected chi connectivity index (χ0v) is 26.3. The topological polar surface area (TPSA) is 16.4 Å². The molecule has 0 aliphatic rings. The molecule has 0 saturated heterocycles. The smallest absolute Gasteiger partial charge is 0.137 e. The van der Waals surface area contributed by atoms with Gasteiger partial charge in [0.25, 0.3) is 0 Å². The van der Waals surface area contributed by atoms with Crippen LogP contribution < -0.4 is 4.90 Å². The van der Waals surface area contributed by atoms with Crippen molar-refractivity contribution in [3.8, 4) is 33.4 Å². The van der Waals surface area contributed by atoms with Crippen LogP contribution in [0.15, 0.2) is 192 Å².